The molecule has 18 heavy (non-hydrogen) atoms. The van der Waals surface area contributed by atoms with Gasteiger partial charge >= 0.3 is 5.97 Å². The third-order valence-electron chi connectivity index (χ3n) is 2.25. The van der Waals surface area contributed by atoms with Crippen molar-refractivity contribution in [2.75, 3.05) is 19.5 Å². The van der Waals surface area contributed by atoms with E-state index >= 15 is 0 Å². The number of carboxylic acids is 1. The van der Waals surface area contributed by atoms with Crippen LogP contribution in [0.5, 0.6) is 11.5 Å². The summed E-state index contributed by atoms with van der Waals surface area (Å²) in [7, 11) is 2.88. The monoisotopic (exact) mass is 253 g/mol. The molecular formula is C12H15NO5. The second-order valence-electron chi connectivity index (χ2n) is 3.62. The van der Waals surface area contributed by atoms with Crippen molar-refractivity contribution in [3.63, 3.8) is 0 Å². The van der Waals surface area contributed by atoms with Gasteiger partial charge in [-0.2, -0.15) is 0 Å². The molecule has 0 aliphatic rings. The van der Waals surface area contributed by atoms with E-state index in [1.54, 1.807) is 6.07 Å². The van der Waals surface area contributed by atoms with E-state index in [-0.39, 0.29) is 12.3 Å². The molecule has 98 valence electrons. The Labute approximate surface area is 105 Å². The molecule has 0 atom stereocenters. The summed E-state index contributed by atoms with van der Waals surface area (Å²) < 4.78 is 10.2. The third-order valence-corrected chi connectivity index (χ3v) is 2.25. The van der Waals surface area contributed by atoms with Gasteiger partial charge in [0.05, 0.1) is 26.3 Å². The number of methoxy groups -OCH3 is 2. The molecule has 1 aromatic carbocycles. The molecule has 1 rings (SSSR count). The maximum absolute atomic E-state index is 11.0. The summed E-state index contributed by atoms with van der Waals surface area (Å²) in [6.07, 6.45) is -0.181. The minimum atomic E-state index is -0.970. The van der Waals surface area contributed by atoms with Crippen LogP contribution in [-0.4, -0.2) is 31.2 Å². The minimum absolute atomic E-state index is 0.181. The SMILES string of the molecule is COc1cc(NC(C)=O)c(OC)cc1CC(=O)O. The van der Waals surface area contributed by atoms with Crippen LogP contribution < -0.4 is 14.8 Å². The quantitative estimate of drug-likeness (QED) is 0.825. The molecule has 0 saturated heterocycles. The lowest BCUT2D eigenvalue weighted by atomic mass is 10.1. The summed E-state index contributed by atoms with van der Waals surface area (Å²) in [4.78, 5) is 21.8. The van der Waals surface area contributed by atoms with Crippen LogP contribution in [0.3, 0.4) is 0 Å². The van der Waals surface area contributed by atoms with Crippen LogP contribution >= 0.6 is 0 Å². The van der Waals surface area contributed by atoms with Crippen LogP contribution in [0, 0.1) is 0 Å². The molecule has 0 saturated carbocycles. The first-order valence-corrected chi connectivity index (χ1v) is 5.22. The number of carbonyl (C=O) groups is 2. The summed E-state index contributed by atoms with van der Waals surface area (Å²) in [5.41, 5.74) is 0.923. The molecule has 2 N–H and O–H groups in total. The largest absolute Gasteiger partial charge is 0.496 e. The van der Waals surface area contributed by atoms with Gasteiger partial charge in [-0.05, 0) is 6.07 Å². The van der Waals surface area contributed by atoms with Crippen molar-refractivity contribution in [1.29, 1.82) is 0 Å². The van der Waals surface area contributed by atoms with Gasteiger partial charge in [0.15, 0.2) is 0 Å². The third kappa shape index (κ3) is 3.38. The van der Waals surface area contributed by atoms with Crippen LogP contribution in [-0.2, 0) is 16.0 Å². The van der Waals surface area contributed by atoms with Gasteiger partial charge in [-0.25, -0.2) is 0 Å². The van der Waals surface area contributed by atoms with Gasteiger partial charge in [0.1, 0.15) is 11.5 Å². The highest BCUT2D eigenvalue weighted by Crippen LogP contribution is 2.33. The second-order valence-corrected chi connectivity index (χ2v) is 3.62. The number of anilines is 1. The van der Waals surface area contributed by atoms with Crippen LogP contribution in [0.4, 0.5) is 5.69 Å². The minimum Gasteiger partial charge on any atom is -0.496 e. The Bertz CT molecular complexity index is 426. The van der Waals surface area contributed by atoms with E-state index in [9.17, 15) is 9.59 Å². The van der Waals surface area contributed by atoms with Crippen molar-refractivity contribution >= 4 is 17.6 Å². The molecule has 0 aromatic heterocycles. The standard InChI is InChI=1S/C12H15NO5/c1-7(14)13-9-6-10(17-2)8(5-12(15)16)4-11(9)18-3/h4,6H,5H2,1-3H3,(H,13,14)(H,15,16). The molecule has 0 heterocycles. The first-order chi connectivity index (χ1) is 8.47. The number of hydrogen-bond donors (Lipinski definition) is 2. The lowest BCUT2D eigenvalue weighted by molar-refractivity contribution is -0.136. The molecule has 0 fully saturated rings. The Kier molecular flexibility index (Phi) is 4.53. The van der Waals surface area contributed by atoms with E-state index in [0.29, 0.717) is 22.7 Å². The number of carbonyl (C=O) groups excluding carboxylic acids is 1. The topological polar surface area (TPSA) is 84.9 Å². The van der Waals surface area contributed by atoms with Gasteiger partial charge in [0.2, 0.25) is 5.91 Å². The van der Waals surface area contributed by atoms with Crippen molar-refractivity contribution in [2.45, 2.75) is 13.3 Å². The van der Waals surface area contributed by atoms with Crippen molar-refractivity contribution in [1.82, 2.24) is 0 Å². The number of aliphatic carboxylic acids is 1. The highest BCUT2D eigenvalue weighted by molar-refractivity contribution is 5.91. The van der Waals surface area contributed by atoms with Crippen LogP contribution in [0.2, 0.25) is 0 Å². The molecule has 0 aliphatic carbocycles. The highest BCUT2D eigenvalue weighted by atomic mass is 16.5. The molecule has 0 bridgehead atoms. The zero-order chi connectivity index (χ0) is 13.7. The summed E-state index contributed by atoms with van der Waals surface area (Å²) in [5.74, 6) is -0.437. The number of hydrogen-bond acceptors (Lipinski definition) is 4. The fourth-order valence-corrected chi connectivity index (χ4v) is 1.55. The molecule has 0 radical (unpaired) electrons. The molecule has 0 aliphatic heterocycles. The number of amides is 1. The lowest BCUT2D eigenvalue weighted by Gasteiger charge is -2.14. The Morgan fingerprint density at radius 1 is 1.22 bits per heavy atom. The second kappa shape index (κ2) is 5.90. The normalized spacial score (nSPS) is 9.72. The molecule has 1 aromatic rings. The fourth-order valence-electron chi connectivity index (χ4n) is 1.55. The van der Waals surface area contributed by atoms with Crippen LogP contribution in [0.15, 0.2) is 12.1 Å². The van der Waals surface area contributed by atoms with Gasteiger partial charge in [-0.15, -0.1) is 0 Å². The average Bonchev–Trinajstić information content (AvgIpc) is 2.29. The number of nitrogens with one attached hydrogen (secondary N) is 1. The predicted octanol–water partition coefficient (Wildman–Crippen LogP) is 1.29. The number of carboxylic acid groups (broad SMARTS) is 1. The Morgan fingerprint density at radius 2 is 1.83 bits per heavy atom. The van der Waals surface area contributed by atoms with Gasteiger partial charge in [0.25, 0.3) is 0 Å². The Balaban J connectivity index is 3.22. The van der Waals surface area contributed by atoms with E-state index in [0.717, 1.165) is 0 Å². The maximum Gasteiger partial charge on any atom is 0.307 e. The van der Waals surface area contributed by atoms with Gasteiger partial charge in [-0.1, -0.05) is 0 Å². The molecule has 0 spiro atoms. The maximum atomic E-state index is 11.0. The highest BCUT2D eigenvalue weighted by Gasteiger charge is 2.14. The fraction of sp³-hybridized carbons (Fsp3) is 0.333. The van der Waals surface area contributed by atoms with Crippen molar-refractivity contribution in [3.8, 4) is 11.5 Å². The lowest BCUT2D eigenvalue weighted by Crippen LogP contribution is -2.09. The van der Waals surface area contributed by atoms with E-state index in [4.69, 9.17) is 14.6 Å². The molecule has 1 amide bonds. The van der Waals surface area contributed by atoms with Crippen LogP contribution in [0.1, 0.15) is 12.5 Å². The summed E-state index contributed by atoms with van der Waals surface area (Å²) in [6, 6.07) is 3.08. The summed E-state index contributed by atoms with van der Waals surface area (Å²) in [5, 5.41) is 11.4. The zero-order valence-electron chi connectivity index (χ0n) is 10.4. The average molecular weight is 253 g/mol. The summed E-state index contributed by atoms with van der Waals surface area (Å²) >= 11 is 0. The van der Waals surface area contributed by atoms with E-state index in [1.165, 1.54) is 27.2 Å². The number of benzene rings is 1. The molecular weight excluding hydrogens is 238 g/mol. The molecule has 6 nitrogen and oxygen atoms in total. The zero-order valence-corrected chi connectivity index (χ0v) is 10.4. The first kappa shape index (κ1) is 13.8. The van der Waals surface area contributed by atoms with Crippen molar-refractivity contribution in [3.05, 3.63) is 17.7 Å². The van der Waals surface area contributed by atoms with E-state index in [2.05, 4.69) is 5.32 Å². The number of ether oxygens (including phenoxy) is 2. The predicted molar refractivity (Wildman–Crippen MR) is 65.2 cm³/mol. The van der Waals surface area contributed by atoms with Gasteiger partial charge in [-0.3, -0.25) is 9.59 Å². The first-order valence-electron chi connectivity index (χ1n) is 5.22. The van der Waals surface area contributed by atoms with Gasteiger partial charge in [0, 0.05) is 18.6 Å². The Morgan fingerprint density at radius 3 is 2.28 bits per heavy atom. The Hall–Kier alpha value is -2.24. The molecule has 0 unspecified atom stereocenters. The van der Waals surface area contributed by atoms with E-state index in [1.807, 2.05) is 0 Å². The smallest absolute Gasteiger partial charge is 0.307 e. The van der Waals surface area contributed by atoms with Crippen molar-refractivity contribution < 1.29 is 24.2 Å². The summed E-state index contributed by atoms with van der Waals surface area (Å²) in [6.45, 7) is 1.37. The van der Waals surface area contributed by atoms with Gasteiger partial charge < -0.3 is 19.9 Å². The number of rotatable bonds is 5. The molecule has 6 heteroatoms. The van der Waals surface area contributed by atoms with E-state index < -0.39 is 5.97 Å². The van der Waals surface area contributed by atoms with Crippen molar-refractivity contribution in [2.24, 2.45) is 0 Å². The van der Waals surface area contributed by atoms with Crippen LogP contribution in [0.25, 0.3) is 0 Å².